The number of hydrogen-bond donors (Lipinski definition) is 2. The van der Waals surface area contributed by atoms with Gasteiger partial charge in [0.1, 0.15) is 6.10 Å². The van der Waals surface area contributed by atoms with E-state index in [2.05, 4.69) is 0 Å². The number of aliphatic hydroxyl groups excluding tert-OH is 2. The first-order valence-electron chi connectivity index (χ1n) is 3.03. The number of rotatable bonds is 0. The Bertz CT molecular complexity index is 62.9. The third kappa shape index (κ3) is 1.20. The van der Waals surface area contributed by atoms with Crippen molar-refractivity contribution in [3.63, 3.8) is 0 Å². The molecule has 2 nitrogen and oxygen atoms in total. The van der Waals surface area contributed by atoms with E-state index in [1.165, 1.54) is 0 Å². The molecule has 1 aliphatic rings. The maximum Gasteiger partial charge on any atom is 0.122 e. The molecule has 0 bridgehead atoms. The monoisotopic (exact) mass is 115 g/mol. The molecule has 1 unspecified atom stereocenters. The lowest BCUT2D eigenvalue weighted by Crippen LogP contribution is -2.21. The highest BCUT2D eigenvalue weighted by molar-refractivity contribution is 4.88. The Labute approximate surface area is 49.1 Å². The van der Waals surface area contributed by atoms with Gasteiger partial charge in [-0.15, -0.1) is 0 Å². The van der Waals surface area contributed by atoms with Crippen LogP contribution in [0.2, 0.25) is 0 Å². The van der Waals surface area contributed by atoms with Gasteiger partial charge >= 0.3 is 0 Å². The number of hydrogen-bond acceptors (Lipinski definition) is 2. The second kappa shape index (κ2) is 2.46. The summed E-state index contributed by atoms with van der Waals surface area (Å²) in [6.45, 7) is 0. The van der Waals surface area contributed by atoms with Crippen molar-refractivity contribution in [3.05, 3.63) is 6.10 Å². The topological polar surface area (TPSA) is 40.5 Å². The van der Waals surface area contributed by atoms with Gasteiger partial charge in [0.15, 0.2) is 0 Å². The van der Waals surface area contributed by atoms with Crippen molar-refractivity contribution in [1.82, 2.24) is 0 Å². The maximum atomic E-state index is 8.89. The highest BCUT2D eigenvalue weighted by atomic mass is 16.3. The Hall–Kier alpha value is -0.0800. The van der Waals surface area contributed by atoms with Crippen molar-refractivity contribution in [3.8, 4) is 0 Å². The van der Waals surface area contributed by atoms with Gasteiger partial charge in [0.2, 0.25) is 0 Å². The lowest BCUT2D eigenvalue weighted by molar-refractivity contribution is 0.0656. The molecule has 1 saturated carbocycles. The van der Waals surface area contributed by atoms with Gasteiger partial charge in [-0.05, 0) is 12.8 Å². The van der Waals surface area contributed by atoms with Gasteiger partial charge in [-0.25, -0.2) is 0 Å². The highest BCUT2D eigenvalue weighted by Gasteiger charge is 2.20. The third-order valence-corrected chi connectivity index (χ3v) is 1.55. The molecule has 1 fully saturated rings. The van der Waals surface area contributed by atoms with Crippen LogP contribution < -0.4 is 0 Å². The zero-order valence-corrected chi connectivity index (χ0v) is 4.80. The van der Waals surface area contributed by atoms with Crippen molar-refractivity contribution < 1.29 is 10.2 Å². The molecular weight excluding hydrogens is 104 g/mol. The quantitative estimate of drug-likeness (QED) is 0.490. The van der Waals surface area contributed by atoms with Crippen molar-refractivity contribution >= 4 is 0 Å². The van der Waals surface area contributed by atoms with Crippen LogP contribution in [-0.4, -0.2) is 16.3 Å². The molecule has 8 heavy (non-hydrogen) atoms. The van der Waals surface area contributed by atoms with E-state index >= 15 is 0 Å². The van der Waals surface area contributed by atoms with Crippen molar-refractivity contribution in [2.45, 2.75) is 31.8 Å². The molecule has 0 aromatic heterocycles. The van der Waals surface area contributed by atoms with Crippen LogP contribution in [0.4, 0.5) is 0 Å². The minimum atomic E-state index is -0.524. The highest BCUT2D eigenvalue weighted by Crippen LogP contribution is 2.22. The first-order chi connectivity index (χ1) is 3.80. The first-order valence-corrected chi connectivity index (χ1v) is 3.03. The van der Waals surface area contributed by atoms with E-state index in [-0.39, 0.29) is 6.10 Å². The van der Waals surface area contributed by atoms with Gasteiger partial charge in [-0.1, -0.05) is 12.8 Å². The molecule has 0 saturated heterocycles. The molecule has 2 heteroatoms. The van der Waals surface area contributed by atoms with Crippen molar-refractivity contribution in [1.29, 1.82) is 0 Å². The zero-order chi connectivity index (χ0) is 5.98. The summed E-state index contributed by atoms with van der Waals surface area (Å²) in [6.07, 6.45) is 3.26. The summed E-state index contributed by atoms with van der Waals surface area (Å²) in [6, 6.07) is 0. The molecule has 47 valence electrons. The van der Waals surface area contributed by atoms with E-state index in [0.29, 0.717) is 6.42 Å². The minimum Gasteiger partial charge on any atom is -0.390 e. The summed E-state index contributed by atoms with van der Waals surface area (Å²) in [5.74, 6) is 0. The predicted octanol–water partition coefficient (Wildman–Crippen LogP) is 0.826. The summed E-state index contributed by atoms with van der Waals surface area (Å²) < 4.78 is 0. The zero-order valence-electron chi connectivity index (χ0n) is 4.80. The molecule has 2 N–H and O–H groups in total. The van der Waals surface area contributed by atoms with Crippen LogP contribution in [0, 0.1) is 6.10 Å². The molecular formula is C6H11O2. The molecule has 1 radical (unpaired) electrons. The van der Waals surface area contributed by atoms with Gasteiger partial charge < -0.3 is 10.2 Å². The van der Waals surface area contributed by atoms with Crippen molar-refractivity contribution in [2.24, 2.45) is 0 Å². The van der Waals surface area contributed by atoms with Crippen LogP contribution in [0.5, 0.6) is 0 Å². The Morgan fingerprint density at radius 1 is 1.38 bits per heavy atom. The Morgan fingerprint density at radius 3 is 2.50 bits per heavy atom. The lowest BCUT2D eigenvalue weighted by atomic mass is 9.95. The fourth-order valence-corrected chi connectivity index (χ4v) is 0.977. The molecule has 0 aliphatic heterocycles. The van der Waals surface area contributed by atoms with Crippen LogP contribution in [0.1, 0.15) is 25.7 Å². The van der Waals surface area contributed by atoms with E-state index in [4.69, 9.17) is 10.2 Å². The normalized spacial score (nSPS) is 33.0. The van der Waals surface area contributed by atoms with E-state index in [0.717, 1.165) is 19.3 Å². The molecule has 0 heterocycles. The Kier molecular flexibility index (Phi) is 1.86. The third-order valence-electron chi connectivity index (χ3n) is 1.55. The Morgan fingerprint density at radius 2 is 2.12 bits per heavy atom. The predicted molar refractivity (Wildman–Crippen MR) is 29.7 cm³/mol. The van der Waals surface area contributed by atoms with Crippen LogP contribution in [0.25, 0.3) is 0 Å². The molecule has 1 aliphatic carbocycles. The summed E-state index contributed by atoms with van der Waals surface area (Å²) in [5, 5.41) is 17.7. The second-order valence-electron chi connectivity index (χ2n) is 2.25. The summed E-state index contributed by atoms with van der Waals surface area (Å²) in [7, 11) is 0. The average molecular weight is 115 g/mol. The van der Waals surface area contributed by atoms with Gasteiger partial charge in [0, 0.05) is 0 Å². The molecule has 0 aromatic carbocycles. The standard InChI is InChI=1S/C6H11O2/c7-5-3-1-2-4-6(5)8/h5,7-8H,1-4H2. The summed E-state index contributed by atoms with van der Waals surface area (Å²) in [5.41, 5.74) is 0. The smallest absolute Gasteiger partial charge is 0.122 e. The second-order valence-corrected chi connectivity index (χ2v) is 2.25. The average Bonchev–Trinajstić information content (AvgIpc) is 1.77. The van der Waals surface area contributed by atoms with Crippen LogP contribution in [0.3, 0.4) is 0 Å². The van der Waals surface area contributed by atoms with Crippen LogP contribution in [0.15, 0.2) is 0 Å². The van der Waals surface area contributed by atoms with Crippen LogP contribution >= 0.6 is 0 Å². The summed E-state index contributed by atoms with van der Waals surface area (Å²) >= 11 is 0. The minimum absolute atomic E-state index is 0.274. The lowest BCUT2D eigenvalue weighted by Gasteiger charge is -2.20. The molecule has 0 amide bonds. The largest absolute Gasteiger partial charge is 0.390 e. The number of aliphatic hydroxyl groups is 2. The molecule has 1 rings (SSSR count). The first kappa shape index (κ1) is 6.05. The fraction of sp³-hybridized carbons (Fsp3) is 0.833. The van der Waals surface area contributed by atoms with Gasteiger partial charge in [-0.2, -0.15) is 0 Å². The van der Waals surface area contributed by atoms with E-state index in [9.17, 15) is 0 Å². The Balaban J connectivity index is 2.28. The van der Waals surface area contributed by atoms with Gasteiger partial charge in [0.05, 0.1) is 6.10 Å². The van der Waals surface area contributed by atoms with E-state index < -0.39 is 6.10 Å². The van der Waals surface area contributed by atoms with E-state index in [1.807, 2.05) is 0 Å². The van der Waals surface area contributed by atoms with Gasteiger partial charge in [-0.3, -0.25) is 0 Å². The van der Waals surface area contributed by atoms with E-state index in [1.54, 1.807) is 0 Å². The SMILES string of the molecule is O[C]1CCCCC1O. The molecule has 1 atom stereocenters. The maximum absolute atomic E-state index is 8.89. The summed E-state index contributed by atoms with van der Waals surface area (Å²) in [4.78, 5) is 0. The molecule has 0 spiro atoms. The van der Waals surface area contributed by atoms with Gasteiger partial charge in [0.25, 0.3) is 0 Å². The van der Waals surface area contributed by atoms with Crippen LogP contribution in [-0.2, 0) is 0 Å². The van der Waals surface area contributed by atoms with Crippen molar-refractivity contribution in [2.75, 3.05) is 0 Å². The molecule has 0 aromatic rings. The fourth-order valence-electron chi connectivity index (χ4n) is 0.977.